The first-order valence-electron chi connectivity index (χ1n) is 3.64. The highest BCUT2D eigenvalue weighted by atomic mass is 79.9. The zero-order chi connectivity index (χ0) is 9.26. The zero-order valence-corrected chi connectivity index (χ0v) is 8.85. The van der Waals surface area contributed by atoms with Gasteiger partial charge in [-0.3, -0.25) is 4.98 Å². The minimum atomic E-state index is 0.624. The largest absolute Gasteiger partial charge is 0.358 e. The molecule has 1 N–H and O–H groups in total. The Labute approximate surface area is 89.1 Å². The van der Waals surface area contributed by atoms with Crippen LogP contribution in [0.15, 0.2) is 29.0 Å². The van der Waals surface area contributed by atoms with Gasteiger partial charge in [0.05, 0.1) is 16.9 Å². The van der Waals surface area contributed by atoms with Gasteiger partial charge in [0.1, 0.15) is 0 Å². The highest BCUT2D eigenvalue weighted by Gasteiger charge is 2.08. The SMILES string of the molecule is Clc1cccnc1-c1[c][nH]cc1Br. The number of nitrogens with one attached hydrogen (secondary N) is 1. The van der Waals surface area contributed by atoms with Crippen molar-refractivity contribution in [2.75, 3.05) is 0 Å². The Balaban J connectivity index is 2.59. The maximum Gasteiger partial charge on any atom is 0.0921 e. The van der Waals surface area contributed by atoms with Gasteiger partial charge in [0.25, 0.3) is 0 Å². The van der Waals surface area contributed by atoms with Crippen molar-refractivity contribution in [3.8, 4) is 11.3 Å². The van der Waals surface area contributed by atoms with E-state index >= 15 is 0 Å². The van der Waals surface area contributed by atoms with Crippen molar-refractivity contribution in [2.24, 2.45) is 0 Å². The summed E-state index contributed by atoms with van der Waals surface area (Å²) < 4.78 is 0.910. The smallest absolute Gasteiger partial charge is 0.0921 e. The first kappa shape index (κ1) is 8.78. The second kappa shape index (κ2) is 3.52. The van der Waals surface area contributed by atoms with Crippen molar-refractivity contribution in [1.82, 2.24) is 9.97 Å². The van der Waals surface area contributed by atoms with Crippen molar-refractivity contribution in [3.05, 3.63) is 40.2 Å². The standard InChI is InChI=1S/C9H5BrClN2/c10-7-5-12-4-6(7)9-8(11)2-1-3-13-9/h1-3,5,12H. The number of halogens is 2. The summed E-state index contributed by atoms with van der Waals surface area (Å²) >= 11 is 9.35. The molecule has 0 aromatic carbocycles. The molecule has 65 valence electrons. The second-order valence-electron chi connectivity index (χ2n) is 2.47. The van der Waals surface area contributed by atoms with E-state index in [1.807, 2.05) is 0 Å². The van der Waals surface area contributed by atoms with Crippen molar-refractivity contribution in [3.63, 3.8) is 0 Å². The van der Waals surface area contributed by atoms with Crippen LogP contribution in [-0.2, 0) is 0 Å². The lowest BCUT2D eigenvalue weighted by molar-refractivity contribution is 1.32. The maximum atomic E-state index is 5.97. The van der Waals surface area contributed by atoms with Gasteiger partial charge in [0.2, 0.25) is 0 Å². The number of H-pyrrole nitrogens is 1. The molecule has 0 saturated heterocycles. The molecule has 2 aromatic rings. The molecule has 0 aliphatic carbocycles. The maximum absolute atomic E-state index is 5.97. The molecular formula is C9H5BrClN2. The van der Waals surface area contributed by atoms with Crippen LogP contribution in [0.4, 0.5) is 0 Å². The molecule has 2 nitrogen and oxygen atoms in total. The summed E-state index contributed by atoms with van der Waals surface area (Å²) in [7, 11) is 0. The monoisotopic (exact) mass is 255 g/mol. The lowest BCUT2D eigenvalue weighted by Crippen LogP contribution is -1.82. The van der Waals surface area contributed by atoms with E-state index in [0.717, 1.165) is 15.7 Å². The third-order valence-electron chi connectivity index (χ3n) is 1.63. The quantitative estimate of drug-likeness (QED) is 0.833. The molecule has 1 radical (unpaired) electrons. The number of pyridine rings is 1. The lowest BCUT2D eigenvalue weighted by Gasteiger charge is -1.99. The Kier molecular flexibility index (Phi) is 2.38. The van der Waals surface area contributed by atoms with Gasteiger partial charge in [-0.15, -0.1) is 0 Å². The Morgan fingerprint density at radius 2 is 2.38 bits per heavy atom. The van der Waals surface area contributed by atoms with E-state index in [1.165, 1.54) is 0 Å². The number of rotatable bonds is 1. The van der Waals surface area contributed by atoms with E-state index in [2.05, 4.69) is 32.1 Å². The summed E-state index contributed by atoms with van der Waals surface area (Å²) in [6.45, 7) is 0. The number of hydrogen-bond acceptors (Lipinski definition) is 1. The van der Waals surface area contributed by atoms with Crippen LogP contribution >= 0.6 is 27.5 Å². The van der Waals surface area contributed by atoms with Crippen molar-refractivity contribution in [2.45, 2.75) is 0 Å². The number of nitrogens with zero attached hydrogens (tertiary/aromatic N) is 1. The van der Waals surface area contributed by atoms with E-state index in [9.17, 15) is 0 Å². The average Bonchev–Trinajstić information content (AvgIpc) is 2.52. The van der Waals surface area contributed by atoms with E-state index < -0.39 is 0 Å². The number of hydrogen-bond donors (Lipinski definition) is 1. The predicted octanol–water partition coefficient (Wildman–Crippen LogP) is 3.29. The van der Waals surface area contributed by atoms with Gasteiger partial charge in [-0.05, 0) is 28.1 Å². The van der Waals surface area contributed by atoms with Crippen molar-refractivity contribution < 1.29 is 0 Å². The minimum absolute atomic E-state index is 0.624. The molecule has 0 aliphatic heterocycles. The van der Waals surface area contributed by atoms with E-state index in [4.69, 9.17) is 11.6 Å². The third-order valence-corrected chi connectivity index (χ3v) is 2.56. The molecule has 4 heteroatoms. The van der Waals surface area contributed by atoms with Gasteiger partial charge in [-0.1, -0.05) is 11.6 Å². The molecule has 0 atom stereocenters. The van der Waals surface area contributed by atoms with Crippen LogP contribution in [0.3, 0.4) is 0 Å². The molecule has 2 aromatic heterocycles. The normalized spacial score (nSPS) is 10.3. The Morgan fingerprint density at radius 3 is 3.00 bits per heavy atom. The topological polar surface area (TPSA) is 28.7 Å². The first-order chi connectivity index (χ1) is 6.29. The van der Waals surface area contributed by atoms with Gasteiger partial charge in [0, 0.05) is 22.4 Å². The molecule has 0 aliphatic rings. The van der Waals surface area contributed by atoms with Crippen LogP contribution in [0.1, 0.15) is 0 Å². The van der Waals surface area contributed by atoms with Crippen LogP contribution < -0.4 is 0 Å². The molecule has 13 heavy (non-hydrogen) atoms. The average molecular weight is 257 g/mol. The fourth-order valence-corrected chi connectivity index (χ4v) is 1.66. The summed E-state index contributed by atoms with van der Waals surface area (Å²) in [5.41, 5.74) is 1.59. The third kappa shape index (κ3) is 1.62. The molecule has 0 spiro atoms. The van der Waals surface area contributed by atoms with Gasteiger partial charge >= 0.3 is 0 Å². The van der Waals surface area contributed by atoms with E-state index in [0.29, 0.717) is 5.02 Å². The van der Waals surface area contributed by atoms with Gasteiger partial charge in [-0.2, -0.15) is 0 Å². The summed E-state index contributed by atoms with van der Waals surface area (Å²) in [5, 5.41) is 0.624. The van der Waals surface area contributed by atoms with E-state index in [1.54, 1.807) is 24.5 Å². The van der Waals surface area contributed by atoms with Crippen molar-refractivity contribution in [1.29, 1.82) is 0 Å². The predicted molar refractivity (Wildman–Crippen MR) is 55.6 cm³/mol. The summed E-state index contributed by atoms with van der Waals surface area (Å²) in [6, 6.07) is 3.60. The van der Waals surface area contributed by atoms with Crippen LogP contribution in [0, 0.1) is 6.20 Å². The highest BCUT2D eigenvalue weighted by molar-refractivity contribution is 9.10. The molecule has 2 rings (SSSR count). The number of aromatic nitrogens is 2. The van der Waals surface area contributed by atoms with E-state index in [-0.39, 0.29) is 0 Å². The van der Waals surface area contributed by atoms with Crippen LogP contribution in [-0.4, -0.2) is 9.97 Å². The van der Waals surface area contributed by atoms with Crippen molar-refractivity contribution >= 4 is 27.5 Å². The van der Waals surface area contributed by atoms with Gasteiger partial charge in [0.15, 0.2) is 0 Å². The molecule has 0 bridgehead atoms. The molecule has 2 heterocycles. The molecule has 0 unspecified atom stereocenters. The number of aromatic amines is 1. The molecule has 0 fully saturated rings. The Hall–Kier alpha value is -0.800. The fourth-order valence-electron chi connectivity index (χ4n) is 1.05. The van der Waals surface area contributed by atoms with Crippen LogP contribution in [0.2, 0.25) is 5.02 Å². The molecule has 0 amide bonds. The molecule has 0 saturated carbocycles. The van der Waals surface area contributed by atoms with Gasteiger partial charge < -0.3 is 4.98 Å². The zero-order valence-electron chi connectivity index (χ0n) is 6.51. The minimum Gasteiger partial charge on any atom is -0.358 e. The molecular weight excluding hydrogens is 251 g/mol. The highest BCUT2D eigenvalue weighted by Crippen LogP contribution is 2.30. The van der Waals surface area contributed by atoms with Gasteiger partial charge in [-0.25, -0.2) is 0 Å². The Morgan fingerprint density at radius 1 is 1.54 bits per heavy atom. The summed E-state index contributed by atoms with van der Waals surface area (Å²) in [6.07, 6.45) is 6.44. The van der Waals surface area contributed by atoms with Crippen LogP contribution in [0.5, 0.6) is 0 Å². The Bertz CT molecular complexity index is 425. The lowest BCUT2D eigenvalue weighted by atomic mass is 10.2. The summed E-state index contributed by atoms with van der Waals surface area (Å²) in [5.74, 6) is 0. The second-order valence-corrected chi connectivity index (χ2v) is 3.73. The fraction of sp³-hybridized carbons (Fsp3) is 0. The first-order valence-corrected chi connectivity index (χ1v) is 4.81. The van der Waals surface area contributed by atoms with Crippen LogP contribution in [0.25, 0.3) is 11.3 Å². The summed E-state index contributed by atoms with van der Waals surface area (Å²) in [4.78, 5) is 7.02.